The van der Waals surface area contributed by atoms with Crippen molar-refractivity contribution in [3.05, 3.63) is 90.5 Å². The van der Waals surface area contributed by atoms with E-state index in [1.54, 1.807) is 56.7 Å². The largest absolute Gasteiger partial charge is 0.497 e. The molecular formula is C26H21Cl2IN2O4. The number of ether oxygens (including phenoxy) is 3. The van der Waals surface area contributed by atoms with Crippen molar-refractivity contribution in [3.8, 4) is 23.3 Å². The van der Waals surface area contributed by atoms with Crippen LogP contribution in [0.2, 0.25) is 10.0 Å². The number of carbonyl (C=O) groups is 1. The normalized spacial score (nSPS) is 10.9. The summed E-state index contributed by atoms with van der Waals surface area (Å²) in [6, 6.07) is 17.9. The third-order valence-electron chi connectivity index (χ3n) is 4.96. The van der Waals surface area contributed by atoms with E-state index in [9.17, 15) is 10.1 Å². The Kier molecular flexibility index (Phi) is 9.66. The van der Waals surface area contributed by atoms with Crippen LogP contribution in [0.25, 0.3) is 6.08 Å². The zero-order chi connectivity index (χ0) is 25.4. The molecule has 1 amide bonds. The Balaban J connectivity index is 1.67. The molecule has 0 fully saturated rings. The molecule has 0 aromatic heterocycles. The van der Waals surface area contributed by atoms with Gasteiger partial charge >= 0.3 is 0 Å². The molecule has 3 aromatic rings. The number of carbonyl (C=O) groups excluding carboxylic acids is 1. The molecule has 0 radical (unpaired) electrons. The Morgan fingerprint density at radius 3 is 2.46 bits per heavy atom. The van der Waals surface area contributed by atoms with Crippen molar-refractivity contribution in [1.29, 1.82) is 5.26 Å². The molecule has 180 valence electrons. The average molecular weight is 623 g/mol. The van der Waals surface area contributed by atoms with Crippen LogP contribution in [0.1, 0.15) is 16.7 Å². The molecule has 3 rings (SSSR count). The van der Waals surface area contributed by atoms with E-state index in [0.29, 0.717) is 32.9 Å². The number of rotatable bonds is 9. The van der Waals surface area contributed by atoms with Crippen molar-refractivity contribution in [2.45, 2.75) is 13.2 Å². The van der Waals surface area contributed by atoms with E-state index in [1.165, 1.54) is 6.08 Å². The lowest BCUT2D eigenvalue weighted by Crippen LogP contribution is -2.24. The summed E-state index contributed by atoms with van der Waals surface area (Å²) in [5.74, 6) is 1.39. The number of hydrogen-bond acceptors (Lipinski definition) is 5. The van der Waals surface area contributed by atoms with Crippen molar-refractivity contribution in [2.75, 3.05) is 14.2 Å². The first-order chi connectivity index (χ1) is 16.8. The summed E-state index contributed by atoms with van der Waals surface area (Å²) in [7, 11) is 3.11. The second-order valence-electron chi connectivity index (χ2n) is 7.24. The SMILES string of the molecule is COc1ccc(CNC(=O)/C(C#N)=C/c2ccc(OCc3ccc(Cl)cc3Cl)c(I)c2)c(OC)c1. The lowest BCUT2D eigenvalue weighted by molar-refractivity contribution is -0.117. The Morgan fingerprint density at radius 1 is 1.03 bits per heavy atom. The molecule has 0 saturated carbocycles. The fourth-order valence-electron chi connectivity index (χ4n) is 3.10. The second-order valence-corrected chi connectivity index (χ2v) is 9.25. The second kappa shape index (κ2) is 12.7. The molecule has 0 aliphatic carbocycles. The Hall–Kier alpha value is -2.93. The van der Waals surface area contributed by atoms with Crippen LogP contribution >= 0.6 is 45.8 Å². The predicted molar refractivity (Wildman–Crippen MR) is 145 cm³/mol. The Labute approximate surface area is 227 Å². The van der Waals surface area contributed by atoms with Crippen molar-refractivity contribution >= 4 is 57.8 Å². The lowest BCUT2D eigenvalue weighted by atomic mass is 10.1. The minimum absolute atomic E-state index is 0.0186. The number of nitrogens with zero attached hydrogens (tertiary/aromatic N) is 1. The van der Waals surface area contributed by atoms with Gasteiger partial charge in [0, 0.05) is 33.8 Å². The van der Waals surface area contributed by atoms with Gasteiger partial charge in [-0.2, -0.15) is 5.26 Å². The monoisotopic (exact) mass is 622 g/mol. The first-order valence-corrected chi connectivity index (χ1v) is 12.1. The Bertz CT molecular complexity index is 1300. The van der Waals surface area contributed by atoms with Crippen LogP contribution < -0.4 is 19.5 Å². The molecule has 3 aromatic carbocycles. The molecule has 0 heterocycles. The van der Waals surface area contributed by atoms with Crippen molar-refractivity contribution in [3.63, 3.8) is 0 Å². The third kappa shape index (κ3) is 7.28. The molecule has 0 bridgehead atoms. The highest BCUT2D eigenvalue weighted by atomic mass is 127. The number of nitrogens with one attached hydrogen (secondary N) is 1. The maximum atomic E-state index is 12.6. The van der Waals surface area contributed by atoms with E-state index >= 15 is 0 Å². The van der Waals surface area contributed by atoms with Crippen LogP contribution in [0.5, 0.6) is 17.2 Å². The lowest BCUT2D eigenvalue weighted by Gasteiger charge is -2.11. The highest BCUT2D eigenvalue weighted by Crippen LogP contribution is 2.27. The van der Waals surface area contributed by atoms with Crippen LogP contribution in [-0.4, -0.2) is 20.1 Å². The molecule has 0 spiro atoms. The topological polar surface area (TPSA) is 80.6 Å². The predicted octanol–water partition coefficient (Wildman–Crippen LogP) is 6.42. The number of nitriles is 1. The quantitative estimate of drug-likeness (QED) is 0.169. The van der Waals surface area contributed by atoms with Crippen LogP contribution in [0.4, 0.5) is 0 Å². The zero-order valence-corrected chi connectivity index (χ0v) is 22.6. The van der Waals surface area contributed by atoms with E-state index < -0.39 is 5.91 Å². The first kappa shape index (κ1) is 26.7. The van der Waals surface area contributed by atoms with Gasteiger partial charge in [-0.25, -0.2) is 0 Å². The number of benzene rings is 3. The van der Waals surface area contributed by atoms with Gasteiger partial charge in [-0.1, -0.05) is 35.3 Å². The van der Waals surface area contributed by atoms with Crippen molar-refractivity contribution in [1.82, 2.24) is 5.32 Å². The maximum Gasteiger partial charge on any atom is 0.262 e. The zero-order valence-electron chi connectivity index (χ0n) is 18.9. The fourth-order valence-corrected chi connectivity index (χ4v) is 4.26. The molecule has 0 saturated heterocycles. The molecule has 6 nitrogen and oxygen atoms in total. The maximum absolute atomic E-state index is 12.6. The van der Waals surface area contributed by atoms with Crippen molar-refractivity contribution in [2.24, 2.45) is 0 Å². The molecule has 9 heteroatoms. The smallest absolute Gasteiger partial charge is 0.262 e. The summed E-state index contributed by atoms with van der Waals surface area (Å²) in [5.41, 5.74) is 2.25. The highest BCUT2D eigenvalue weighted by Gasteiger charge is 2.12. The summed E-state index contributed by atoms with van der Waals surface area (Å²) in [5, 5.41) is 13.4. The Morgan fingerprint density at radius 2 is 1.80 bits per heavy atom. The van der Waals surface area contributed by atoms with Gasteiger partial charge in [0.1, 0.15) is 35.5 Å². The van der Waals surface area contributed by atoms with E-state index in [1.807, 2.05) is 18.2 Å². The third-order valence-corrected chi connectivity index (χ3v) is 6.39. The van der Waals surface area contributed by atoms with E-state index in [4.69, 9.17) is 37.4 Å². The van der Waals surface area contributed by atoms with Gasteiger partial charge in [-0.05, 0) is 70.6 Å². The number of methoxy groups -OCH3 is 2. The highest BCUT2D eigenvalue weighted by molar-refractivity contribution is 14.1. The van der Waals surface area contributed by atoms with Gasteiger partial charge in [0.25, 0.3) is 5.91 Å². The number of amides is 1. The van der Waals surface area contributed by atoms with Gasteiger partial charge in [-0.3, -0.25) is 4.79 Å². The molecule has 0 unspecified atom stereocenters. The van der Waals surface area contributed by atoms with E-state index in [2.05, 4.69) is 27.9 Å². The van der Waals surface area contributed by atoms with Gasteiger partial charge < -0.3 is 19.5 Å². The van der Waals surface area contributed by atoms with Crippen LogP contribution in [0.3, 0.4) is 0 Å². The molecular weight excluding hydrogens is 602 g/mol. The average Bonchev–Trinajstić information content (AvgIpc) is 2.86. The molecule has 35 heavy (non-hydrogen) atoms. The summed E-state index contributed by atoms with van der Waals surface area (Å²) >= 11 is 14.3. The number of hydrogen-bond donors (Lipinski definition) is 1. The molecule has 1 N–H and O–H groups in total. The summed E-state index contributed by atoms with van der Waals surface area (Å²) in [4.78, 5) is 12.6. The van der Waals surface area contributed by atoms with Crippen LogP contribution in [-0.2, 0) is 17.9 Å². The standard InChI is InChI=1S/C26H21Cl2IN2O4/c1-33-21-7-5-17(25(12-21)34-2)14-31-26(32)19(13-30)9-16-3-8-24(23(29)10-16)35-15-18-4-6-20(27)11-22(18)28/h3-12H,14-15H2,1-2H3,(H,31,32)/b19-9+. The van der Waals surface area contributed by atoms with Gasteiger partial charge in [0.05, 0.1) is 17.8 Å². The van der Waals surface area contributed by atoms with Gasteiger partial charge in [0.15, 0.2) is 0 Å². The van der Waals surface area contributed by atoms with E-state index in [-0.39, 0.29) is 18.7 Å². The number of halogens is 3. The summed E-state index contributed by atoms with van der Waals surface area (Å²) in [6.07, 6.45) is 1.53. The fraction of sp³-hybridized carbons (Fsp3) is 0.154. The van der Waals surface area contributed by atoms with Gasteiger partial charge in [0.2, 0.25) is 0 Å². The minimum Gasteiger partial charge on any atom is -0.497 e. The molecule has 0 aliphatic heterocycles. The first-order valence-electron chi connectivity index (χ1n) is 10.3. The molecule has 0 aliphatic rings. The molecule has 0 atom stereocenters. The summed E-state index contributed by atoms with van der Waals surface area (Å²) < 4.78 is 17.2. The van der Waals surface area contributed by atoms with Gasteiger partial charge in [-0.15, -0.1) is 0 Å². The van der Waals surface area contributed by atoms with Crippen LogP contribution in [0.15, 0.2) is 60.2 Å². The minimum atomic E-state index is -0.488. The summed E-state index contributed by atoms with van der Waals surface area (Å²) in [6.45, 7) is 0.477. The van der Waals surface area contributed by atoms with Crippen molar-refractivity contribution < 1.29 is 19.0 Å². The van der Waals surface area contributed by atoms with Crippen LogP contribution in [0, 0.1) is 14.9 Å². The van der Waals surface area contributed by atoms with E-state index in [0.717, 1.165) is 14.7 Å².